The largest absolute Gasteiger partial charge is 0.318 e. The van der Waals surface area contributed by atoms with Gasteiger partial charge in [0, 0.05) is 27.1 Å². The number of rotatable bonds is 3. The van der Waals surface area contributed by atoms with E-state index in [4.69, 9.17) is 33.2 Å². The Balaban J connectivity index is 1.56. The lowest BCUT2D eigenvalue weighted by Crippen LogP contribution is -2.21. The van der Waals surface area contributed by atoms with Crippen LogP contribution in [0.2, 0.25) is 10.0 Å². The molecule has 1 aliphatic heterocycles. The van der Waals surface area contributed by atoms with Gasteiger partial charge in [0.05, 0.1) is 26.0 Å². The maximum absolute atomic E-state index is 6.31. The van der Waals surface area contributed by atoms with Crippen molar-refractivity contribution in [3.05, 3.63) is 116 Å². The highest BCUT2D eigenvalue weighted by molar-refractivity contribution is 7.22. The van der Waals surface area contributed by atoms with Gasteiger partial charge in [-0.15, -0.1) is 22.7 Å². The molecule has 7 heteroatoms. The van der Waals surface area contributed by atoms with Gasteiger partial charge < -0.3 is 4.90 Å². The van der Waals surface area contributed by atoms with Crippen LogP contribution in [0.15, 0.2) is 95.8 Å². The molecule has 0 unspecified atom stereocenters. The minimum absolute atomic E-state index is 0.610. The van der Waals surface area contributed by atoms with Crippen LogP contribution in [0, 0.1) is 0 Å². The standard InChI is InChI=1S/C28H19Cl2N3S2/c1-16-11-18(12-17(2)33(16)21-14-19(29)13-20(30)15-21)26(27-31-22-7-3-5-9-24(22)34-27)28-32-23-8-4-6-10-25(23)35-28/h3-15H,1-2H3. The molecule has 0 bridgehead atoms. The van der Waals surface area contributed by atoms with Crippen molar-refractivity contribution in [1.82, 2.24) is 9.97 Å². The quantitative estimate of drug-likeness (QED) is 0.232. The van der Waals surface area contributed by atoms with Gasteiger partial charge in [-0.1, -0.05) is 47.5 Å². The minimum atomic E-state index is 0.610. The molecule has 2 aromatic heterocycles. The zero-order chi connectivity index (χ0) is 24.1. The van der Waals surface area contributed by atoms with Crippen LogP contribution < -0.4 is 4.90 Å². The molecule has 0 fully saturated rings. The molecule has 35 heavy (non-hydrogen) atoms. The van der Waals surface area contributed by atoms with E-state index in [2.05, 4.69) is 67.3 Å². The molecule has 0 atom stereocenters. The summed E-state index contributed by atoms with van der Waals surface area (Å²) in [6.07, 6.45) is 4.38. The fourth-order valence-corrected chi connectivity index (χ4v) is 7.06. The molecule has 0 saturated carbocycles. The normalized spacial score (nSPS) is 13.9. The minimum Gasteiger partial charge on any atom is -0.318 e. The number of hydrogen-bond donors (Lipinski definition) is 0. The van der Waals surface area contributed by atoms with Gasteiger partial charge in [0.25, 0.3) is 0 Å². The van der Waals surface area contributed by atoms with Gasteiger partial charge in [0.2, 0.25) is 0 Å². The summed E-state index contributed by atoms with van der Waals surface area (Å²) in [5.74, 6) is 0. The summed E-state index contributed by atoms with van der Waals surface area (Å²) in [6.45, 7) is 4.19. The highest BCUT2D eigenvalue weighted by atomic mass is 35.5. The lowest BCUT2D eigenvalue weighted by Gasteiger charge is -2.30. The van der Waals surface area contributed by atoms with Gasteiger partial charge in [-0.05, 0) is 74.0 Å². The number of halogens is 2. The Bertz CT molecular complexity index is 1520. The van der Waals surface area contributed by atoms with Crippen molar-refractivity contribution >= 4 is 77.6 Å². The molecule has 172 valence electrons. The number of anilines is 1. The van der Waals surface area contributed by atoms with E-state index in [0.717, 1.165) is 58.7 Å². The van der Waals surface area contributed by atoms with Gasteiger partial charge in [-0.2, -0.15) is 0 Å². The van der Waals surface area contributed by atoms with Gasteiger partial charge >= 0.3 is 0 Å². The average Bonchev–Trinajstić information content (AvgIpc) is 3.42. The molecule has 3 nitrogen and oxygen atoms in total. The third kappa shape index (κ3) is 4.19. The highest BCUT2D eigenvalue weighted by Crippen LogP contribution is 2.41. The van der Waals surface area contributed by atoms with E-state index in [1.165, 1.54) is 0 Å². The summed E-state index contributed by atoms with van der Waals surface area (Å²) in [6, 6.07) is 22.1. The van der Waals surface area contributed by atoms with Crippen LogP contribution in [0.3, 0.4) is 0 Å². The van der Waals surface area contributed by atoms with Crippen molar-refractivity contribution in [3.63, 3.8) is 0 Å². The maximum Gasteiger partial charge on any atom is 0.128 e. The van der Waals surface area contributed by atoms with E-state index >= 15 is 0 Å². The first-order chi connectivity index (χ1) is 17.0. The number of fused-ring (bicyclic) bond motifs is 2. The van der Waals surface area contributed by atoms with Crippen LogP contribution in [0.4, 0.5) is 5.69 Å². The summed E-state index contributed by atoms with van der Waals surface area (Å²) in [5.41, 5.74) is 7.21. The summed E-state index contributed by atoms with van der Waals surface area (Å²) in [7, 11) is 0. The lowest BCUT2D eigenvalue weighted by molar-refractivity contribution is 1.04. The fraction of sp³-hybridized carbons (Fsp3) is 0.0714. The van der Waals surface area contributed by atoms with E-state index < -0.39 is 0 Å². The number of benzene rings is 3. The van der Waals surface area contributed by atoms with Crippen molar-refractivity contribution in [2.24, 2.45) is 0 Å². The Hall–Kier alpha value is -2.96. The first-order valence-corrected chi connectivity index (χ1v) is 13.4. The van der Waals surface area contributed by atoms with E-state index in [1.807, 2.05) is 24.3 Å². The first kappa shape index (κ1) is 22.5. The smallest absolute Gasteiger partial charge is 0.128 e. The van der Waals surface area contributed by atoms with Gasteiger partial charge in [-0.25, -0.2) is 9.97 Å². The Morgan fingerprint density at radius 2 is 1.20 bits per heavy atom. The van der Waals surface area contributed by atoms with Crippen LogP contribution in [0.25, 0.3) is 26.0 Å². The highest BCUT2D eigenvalue weighted by Gasteiger charge is 2.23. The molecule has 1 aliphatic rings. The summed E-state index contributed by atoms with van der Waals surface area (Å²) < 4.78 is 2.32. The molecule has 0 amide bonds. The van der Waals surface area contributed by atoms with Crippen molar-refractivity contribution in [1.29, 1.82) is 0 Å². The van der Waals surface area contributed by atoms with Crippen LogP contribution in [0.5, 0.6) is 0 Å². The molecule has 0 saturated heterocycles. The Morgan fingerprint density at radius 1 is 0.714 bits per heavy atom. The molecule has 5 aromatic rings. The number of allylic oxidation sites excluding steroid dienone is 5. The van der Waals surface area contributed by atoms with Gasteiger partial charge in [0.15, 0.2) is 0 Å². The van der Waals surface area contributed by atoms with Gasteiger partial charge in [0.1, 0.15) is 10.0 Å². The zero-order valence-corrected chi connectivity index (χ0v) is 22.1. The predicted octanol–water partition coefficient (Wildman–Crippen LogP) is 9.34. The lowest BCUT2D eigenvalue weighted by atomic mass is 10.0. The monoisotopic (exact) mass is 531 g/mol. The number of thiazole rings is 2. The average molecular weight is 533 g/mol. The van der Waals surface area contributed by atoms with E-state index in [9.17, 15) is 0 Å². The molecule has 0 N–H and O–H groups in total. The molecule has 0 radical (unpaired) electrons. The number of hydrogen-bond acceptors (Lipinski definition) is 5. The molecule has 3 aromatic carbocycles. The second kappa shape index (κ2) is 8.92. The maximum atomic E-state index is 6.31. The third-order valence-corrected chi connectivity index (χ3v) is 8.39. The number of para-hydroxylation sites is 2. The second-order valence-electron chi connectivity index (χ2n) is 8.34. The Kier molecular flexibility index (Phi) is 5.73. The van der Waals surface area contributed by atoms with Crippen LogP contribution in [0.1, 0.15) is 23.9 Å². The van der Waals surface area contributed by atoms with E-state index in [-0.39, 0.29) is 0 Å². The first-order valence-electron chi connectivity index (χ1n) is 11.1. The number of nitrogens with zero attached hydrogens (tertiary/aromatic N) is 3. The fourth-order valence-electron chi connectivity index (χ4n) is 4.42. The molecule has 6 rings (SSSR count). The van der Waals surface area contributed by atoms with Crippen LogP contribution in [-0.4, -0.2) is 9.97 Å². The van der Waals surface area contributed by atoms with E-state index in [1.54, 1.807) is 28.7 Å². The molecular formula is C28H19Cl2N3S2. The Morgan fingerprint density at radius 3 is 1.69 bits per heavy atom. The molecule has 0 spiro atoms. The van der Waals surface area contributed by atoms with Crippen LogP contribution >= 0.6 is 45.9 Å². The topological polar surface area (TPSA) is 29.0 Å². The SMILES string of the molecule is CC1=CC(=C(c2nc3ccccc3s2)c2nc3ccccc3s2)C=C(C)N1c1cc(Cl)cc(Cl)c1. The second-order valence-corrected chi connectivity index (χ2v) is 11.3. The zero-order valence-electron chi connectivity index (χ0n) is 18.9. The van der Waals surface area contributed by atoms with Crippen LogP contribution in [-0.2, 0) is 0 Å². The van der Waals surface area contributed by atoms with Gasteiger partial charge in [-0.3, -0.25) is 0 Å². The number of aromatic nitrogens is 2. The van der Waals surface area contributed by atoms with Crippen molar-refractivity contribution in [2.75, 3.05) is 4.90 Å². The summed E-state index contributed by atoms with van der Waals surface area (Å²) in [5, 5.41) is 3.15. The molecular weight excluding hydrogens is 513 g/mol. The van der Waals surface area contributed by atoms with Crippen molar-refractivity contribution in [3.8, 4) is 0 Å². The summed E-state index contributed by atoms with van der Waals surface area (Å²) >= 11 is 16.0. The molecule has 3 heterocycles. The summed E-state index contributed by atoms with van der Waals surface area (Å²) in [4.78, 5) is 12.2. The van der Waals surface area contributed by atoms with Crippen molar-refractivity contribution < 1.29 is 0 Å². The predicted molar refractivity (Wildman–Crippen MR) is 152 cm³/mol. The molecule has 0 aliphatic carbocycles. The third-order valence-electron chi connectivity index (χ3n) is 5.84. The van der Waals surface area contributed by atoms with Crippen molar-refractivity contribution in [2.45, 2.75) is 13.8 Å². The Labute approximate surface area is 221 Å². The van der Waals surface area contributed by atoms with E-state index in [0.29, 0.717) is 10.0 Å².